The summed E-state index contributed by atoms with van der Waals surface area (Å²) in [6.45, 7) is -0.396. The second-order valence-corrected chi connectivity index (χ2v) is 12.0. The van der Waals surface area contributed by atoms with Gasteiger partial charge in [-0.3, -0.25) is 0 Å². The van der Waals surface area contributed by atoms with Crippen LogP contribution in [0.2, 0.25) is 20.5 Å². The van der Waals surface area contributed by atoms with Crippen LogP contribution in [-0.2, 0) is 9.47 Å². The third-order valence-electron chi connectivity index (χ3n) is 4.85. The molecule has 0 bridgehead atoms. The third kappa shape index (κ3) is 4.48. The molecule has 0 saturated carbocycles. The van der Waals surface area contributed by atoms with E-state index in [-0.39, 0.29) is 29.1 Å². The van der Waals surface area contributed by atoms with E-state index >= 15 is 0 Å². The van der Waals surface area contributed by atoms with Gasteiger partial charge in [-0.2, -0.15) is 0 Å². The molecule has 0 aromatic heterocycles. The van der Waals surface area contributed by atoms with Crippen molar-refractivity contribution in [3.63, 3.8) is 0 Å². The Morgan fingerprint density at radius 2 is 2.00 bits per heavy atom. The molecule has 1 unspecified atom stereocenters. The summed E-state index contributed by atoms with van der Waals surface area (Å²) in [5.74, 6) is -0.629. The van der Waals surface area contributed by atoms with Crippen LogP contribution in [0.3, 0.4) is 0 Å². The van der Waals surface area contributed by atoms with Crippen molar-refractivity contribution in [3.8, 4) is 0 Å². The second kappa shape index (κ2) is 9.00. The fourth-order valence-corrected chi connectivity index (χ4v) is 9.21. The molecule has 152 valence electrons. The molecule has 27 heavy (non-hydrogen) atoms. The fourth-order valence-electron chi connectivity index (χ4n) is 3.37. The minimum atomic E-state index is -1.74. The first kappa shape index (κ1) is 21.4. The van der Waals surface area contributed by atoms with Crippen LogP contribution >= 0.6 is 11.6 Å². The van der Waals surface area contributed by atoms with Crippen molar-refractivity contribution in [1.82, 2.24) is 0 Å². The molecule has 1 aromatic rings. The van der Waals surface area contributed by atoms with Gasteiger partial charge in [0.05, 0.1) is 0 Å². The molecule has 5 N–H and O–H groups in total. The van der Waals surface area contributed by atoms with Gasteiger partial charge in [0.1, 0.15) is 0 Å². The van der Waals surface area contributed by atoms with E-state index in [2.05, 4.69) is 0 Å². The standard InChI is InChI=1S/C17H23ClFO7Se/c18-14-8(2-1-3-9(14)19)17-25-5-10(21)16(26-17)12(23)7-27-6-11(22)15(24)13(27)4-20/h1-3,10-13,15-17,20-24H,4-7H2/q+1/t10-,11-,12-,13-,15+,16+,17?,27-/m1/s1. The molecule has 8 atom stereocenters. The van der Waals surface area contributed by atoms with Gasteiger partial charge in [-0.15, -0.1) is 0 Å². The van der Waals surface area contributed by atoms with Crippen molar-refractivity contribution in [2.75, 3.05) is 13.2 Å². The Labute approximate surface area is 165 Å². The molecule has 0 radical (unpaired) electrons. The van der Waals surface area contributed by atoms with E-state index in [9.17, 15) is 29.9 Å². The van der Waals surface area contributed by atoms with Gasteiger partial charge in [0.15, 0.2) is 0 Å². The summed E-state index contributed by atoms with van der Waals surface area (Å²) in [4.78, 5) is -0.444. The Kier molecular flexibility index (Phi) is 7.13. The molecule has 0 aliphatic carbocycles. The molecule has 2 aliphatic rings. The average Bonchev–Trinajstić information content (AvgIpc) is 2.91. The van der Waals surface area contributed by atoms with E-state index < -0.39 is 61.3 Å². The first-order valence-electron chi connectivity index (χ1n) is 8.53. The Bertz CT molecular complexity index is 654. The van der Waals surface area contributed by atoms with Crippen LogP contribution in [0, 0.1) is 5.82 Å². The number of hydrogen-bond acceptors (Lipinski definition) is 7. The van der Waals surface area contributed by atoms with E-state index in [4.69, 9.17) is 21.1 Å². The first-order valence-corrected chi connectivity index (χ1v) is 12.3. The van der Waals surface area contributed by atoms with Gasteiger partial charge in [0.2, 0.25) is 0 Å². The number of aliphatic hydroxyl groups excluding tert-OH is 5. The van der Waals surface area contributed by atoms with Gasteiger partial charge in [-0.25, -0.2) is 0 Å². The number of aliphatic hydroxyl groups is 5. The van der Waals surface area contributed by atoms with Crippen molar-refractivity contribution in [3.05, 3.63) is 34.6 Å². The van der Waals surface area contributed by atoms with Crippen LogP contribution in [0.1, 0.15) is 11.9 Å². The summed E-state index contributed by atoms with van der Waals surface area (Å²) < 4.78 is 24.8. The van der Waals surface area contributed by atoms with Crippen LogP contribution in [0.5, 0.6) is 0 Å². The van der Waals surface area contributed by atoms with Crippen LogP contribution in [0.4, 0.5) is 4.39 Å². The van der Waals surface area contributed by atoms with E-state index in [0.717, 1.165) is 0 Å². The quantitative estimate of drug-likeness (QED) is 0.389. The predicted molar refractivity (Wildman–Crippen MR) is 95.2 cm³/mol. The predicted octanol–water partition coefficient (Wildman–Crippen LogP) is 0.208. The van der Waals surface area contributed by atoms with Crippen molar-refractivity contribution in [2.24, 2.45) is 0 Å². The topological polar surface area (TPSA) is 120 Å². The Morgan fingerprint density at radius 3 is 2.70 bits per heavy atom. The van der Waals surface area contributed by atoms with Crippen LogP contribution < -0.4 is 0 Å². The zero-order chi connectivity index (χ0) is 19.7. The molecule has 10 heteroatoms. The molecular formula is C17H23ClFO7Se+. The van der Waals surface area contributed by atoms with Gasteiger partial charge in [0, 0.05) is 0 Å². The van der Waals surface area contributed by atoms with Gasteiger partial charge in [-0.1, -0.05) is 0 Å². The summed E-state index contributed by atoms with van der Waals surface area (Å²) >= 11 is 4.22. The van der Waals surface area contributed by atoms with Gasteiger partial charge in [0.25, 0.3) is 0 Å². The molecule has 2 heterocycles. The fraction of sp³-hybridized carbons (Fsp3) is 0.647. The normalized spacial score (nSPS) is 38.1. The van der Waals surface area contributed by atoms with E-state index in [1.54, 1.807) is 0 Å². The molecule has 1 aromatic carbocycles. The summed E-state index contributed by atoms with van der Waals surface area (Å²) in [7, 11) is 0. The number of halogens is 2. The van der Waals surface area contributed by atoms with Gasteiger partial charge in [-0.05, 0) is 0 Å². The molecule has 2 saturated heterocycles. The van der Waals surface area contributed by atoms with Crippen molar-refractivity contribution in [2.45, 2.75) is 52.3 Å². The molecule has 7 nitrogen and oxygen atoms in total. The van der Waals surface area contributed by atoms with E-state index in [1.165, 1.54) is 18.2 Å². The van der Waals surface area contributed by atoms with Crippen LogP contribution in [-0.4, -0.2) is 83.2 Å². The maximum atomic E-state index is 13.7. The Hall–Kier alpha value is -0.321. The third-order valence-corrected chi connectivity index (χ3v) is 11.2. The summed E-state index contributed by atoms with van der Waals surface area (Å²) in [5.41, 5.74) is 0.261. The molecule has 0 spiro atoms. The van der Waals surface area contributed by atoms with Crippen LogP contribution in [0.15, 0.2) is 18.2 Å². The monoisotopic (exact) mass is 473 g/mol. The Balaban J connectivity index is 1.70. The first-order chi connectivity index (χ1) is 12.8. The number of hydrogen-bond donors (Lipinski definition) is 5. The summed E-state index contributed by atoms with van der Waals surface area (Å²) in [6, 6.07) is 4.20. The maximum absolute atomic E-state index is 13.7. The molecule has 0 amide bonds. The number of benzene rings is 1. The van der Waals surface area contributed by atoms with Gasteiger partial charge >= 0.3 is 165 Å². The summed E-state index contributed by atoms with van der Waals surface area (Å²) in [6.07, 6.45) is -6.15. The average molecular weight is 473 g/mol. The molecule has 2 aliphatic heterocycles. The van der Waals surface area contributed by atoms with Crippen molar-refractivity contribution in [1.29, 1.82) is 0 Å². The molecule has 3 rings (SSSR count). The van der Waals surface area contributed by atoms with Crippen LogP contribution in [0.25, 0.3) is 0 Å². The van der Waals surface area contributed by atoms with Crippen molar-refractivity contribution >= 4 is 25.5 Å². The number of ether oxygens (including phenoxy) is 2. The van der Waals surface area contributed by atoms with Gasteiger partial charge < -0.3 is 0 Å². The summed E-state index contributed by atoms with van der Waals surface area (Å²) in [5, 5.41) is 50.5. The zero-order valence-electron chi connectivity index (χ0n) is 14.3. The SMILES string of the molecule is OC[C@@H]1[C@@H](O)[C@H](O)C[Se@+]1C[C@@H](O)[C@H]1OC(c2cccc(F)c2Cl)OC[C@H]1O. The Morgan fingerprint density at radius 1 is 1.26 bits per heavy atom. The van der Waals surface area contributed by atoms with E-state index in [0.29, 0.717) is 5.32 Å². The van der Waals surface area contributed by atoms with E-state index in [1.807, 2.05) is 0 Å². The minimum absolute atomic E-state index is 0.126. The van der Waals surface area contributed by atoms with Crippen molar-refractivity contribution < 1.29 is 39.4 Å². The molecular weight excluding hydrogens is 450 g/mol. The molecule has 2 fully saturated rings. The second-order valence-electron chi connectivity index (χ2n) is 6.69. The number of rotatable bonds is 5. The zero-order valence-corrected chi connectivity index (χ0v) is 16.8.